The Balaban J connectivity index is 1.52. The number of Topliss-reactive ketones (excluding diaryl/α,β-unsaturated/α-hetero) is 1. The van der Waals surface area contributed by atoms with Crippen LogP contribution in [-0.2, 0) is 52.4 Å². The molecular weight excluding hydrogens is 851 g/mol. The second-order valence-corrected chi connectivity index (χ2v) is 18.9. The molecule has 11 atom stereocenters. The minimum absolute atomic E-state index is 0.0334. The van der Waals surface area contributed by atoms with Crippen molar-refractivity contribution in [3.8, 4) is 0 Å². The second kappa shape index (κ2) is 17.9. The summed E-state index contributed by atoms with van der Waals surface area (Å²) in [4.78, 5) is 95.2. The van der Waals surface area contributed by atoms with Crippen molar-refractivity contribution in [3.05, 3.63) is 82.9 Å². The summed E-state index contributed by atoms with van der Waals surface area (Å²) in [5.74, 6) is -8.16. The van der Waals surface area contributed by atoms with E-state index in [0.717, 1.165) is 6.92 Å². The van der Waals surface area contributed by atoms with Crippen molar-refractivity contribution in [2.75, 3.05) is 6.61 Å². The number of carbonyl (C=O) groups is 7. The Morgan fingerprint density at radius 2 is 1.54 bits per heavy atom. The predicted molar refractivity (Wildman–Crippen MR) is 224 cm³/mol. The number of hydrogen-bond acceptors (Lipinski definition) is 16. The maximum atomic E-state index is 15.1. The minimum atomic E-state index is -2.46. The van der Waals surface area contributed by atoms with Crippen LogP contribution in [0.5, 0.6) is 0 Å². The minimum Gasteiger partial charge on any atom is -0.481 e. The Morgan fingerprint density at radius 1 is 0.923 bits per heavy atom. The van der Waals surface area contributed by atoms with Gasteiger partial charge in [-0.1, -0.05) is 62.4 Å². The number of rotatable bonds is 12. The molecule has 352 valence electrons. The van der Waals surface area contributed by atoms with Gasteiger partial charge in [-0.15, -0.1) is 0 Å². The molecule has 0 unspecified atom stereocenters. The van der Waals surface area contributed by atoms with E-state index < -0.39 is 137 Å². The van der Waals surface area contributed by atoms with Gasteiger partial charge in [-0.3, -0.25) is 19.2 Å². The number of amides is 1. The molecule has 1 amide bonds. The number of aliphatic hydroxyl groups excluding tert-OH is 2. The monoisotopic (exact) mass is 907 g/mol. The molecule has 4 aliphatic rings. The van der Waals surface area contributed by atoms with Gasteiger partial charge >= 0.3 is 35.9 Å². The van der Waals surface area contributed by atoms with E-state index in [2.05, 4.69) is 5.32 Å². The molecule has 0 radical (unpaired) electrons. The number of carbonyl (C=O) groups excluding carboxylic acids is 6. The third kappa shape index (κ3) is 9.00. The lowest BCUT2D eigenvalue weighted by atomic mass is 9.44. The molecular formula is C47H57NO17. The smallest absolute Gasteiger partial charge is 0.408 e. The van der Waals surface area contributed by atoms with E-state index in [4.69, 9.17) is 28.4 Å². The fourth-order valence-electron chi connectivity index (χ4n) is 10.1. The van der Waals surface area contributed by atoms with Crippen LogP contribution in [0.15, 0.2) is 71.8 Å². The van der Waals surface area contributed by atoms with E-state index in [1.54, 1.807) is 57.2 Å². The normalized spacial score (nSPS) is 31.2. The maximum absolute atomic E-state index is 15.1. The predicted octanol–water partition coefficient (Wildman–Crippen LogP) is 3.68. The number of carboxylic acid groups (broad SMARTS) is 1. The van der Waals surface area contributed by atoms with Gasteiger partial charge in [-0.25, -0.2) is 14.4 Å². The molecule has 1 saturated heterocycles. The number of nitrogens with one attached hydrogen (secondary N) is 1. The molecule has 5 N–H and O–H groups in total. The van der Waals surface area contributed by atoms with E-state index >= 15 is 4.79 Å². The standard InChI is InChI=1S/C47H57NO17/c1-24-28(61-41(57)36(62-32(53)20-19-31(51)52)34(26-15-11-9-12-16-26)48-42(58)65-43(3,4)5)22-47(59)39(63-40(56)27-17-13-10-14-18-27)37-45(8,38(55)35(54)33(24)44(47,6)7)29(50)21-30-46(37,23-60-30)64-25(2)49/h9-18,28-30,34-37,39,50,54,59H,19-23H2,1-8H3,(H,48,58)(H,51,52)/t28-,29-,30+,34+,35+,36+,37-,39-,45+,46-,47+/m0/s1. The molecule has 2 aromatic carbocycles. The third-order valence-corrected chi connectivity index (χ3v) is 13.3. The molecule has 3 fully saturated rings. The van der Waals surface area contributed by atoms with Gasteiger partial charge < -0.3 is 54.2 Å². The zero-order chi connectivity index (χ0) is 48.0. The van der Waals surface area contributed by atoms with Crippen LogP contribution in [0.4, 0.5) is 4.79 Å². The van der Waals surface area contributed by atoms with E-state index in [0.29, 0.717) is 0 Å². The van der Waals surface area contributed by atoms with Crippen LogP contribution < -0.4 is 5.32 Å². The number of benzene rings is 2. The average Bonchev–Trinajstić information content (AvgIpc) is 3.22. The number of aliphatic carboxylic acids is 1. The third-order valence-electron chi connectivity index (χ3n) is 13.3. The van der Waals surface area contributed by atoms with Crippen molar-refractivity contribution < 1.29 is 82.4 Å². The van der Waals surface area contributed by atoms with Crippen LogP contribution in [-0.4, -0.2) is 122 Å². The molecule has 1 aliphatic heterocycles. The number of ether oxygens (including phenoxy) is 6. The van der Waals surface area contributed by atoms with E-state index in [1.165, 1.54) is 52.0 Å². The molecule has 0 aromatic heterocycles. The summed E-state index contributed by atoms with van der Waals surface area (Å²) in [5.41, 5.74) is -8.90. The fraction of sp³-hybridized carbons (Fsp3) is 0.553. The van der Waals surface area contributed by atoms with Gasteiger partial charge in [-0.05, 0) is 63.5 Å². The van der Waals surface area contributed by atoms with Crippen molar-refractivity contribution in [1.82, 2.24) is 5.32 Å². The fourth-order valence-corrected chi connectivity index (χ4v) is 10.1. The second-order valence-electron chi connectivity index (χ2n) is 18.9. The maximum Gasteiger partial charge on any atom is 0.408 e. The quantitative estimate of drug-likeness (QED) is 0.116. The molecule has 3 aliphatic carbocycles. The van der Waals surface area contributed by atoms with E-state index in [1.807, 2.05) is 0 Å². The topological polar surface area (TPSA) is 268 Å². The summed E-state index contributed by atoms with van der Waals surface area (Å²) in [6.07, 6.45) is -13.5. The summed E-state index contributed by atoms with van der Waals surface area (Å²) in [6.45, 7) is 11.4. The van der Waals surface area contributed by atoms with Gasteiger partial charge in [0.2, 0.25) is 6.10 Å². The molecule has 18 nitrogen and oxygen atoms in total. The summed E-state index contributed by atoms with van der Waals surface area (Å²) < 4.78 is 35.5. The SMILES string of the molecule is CC(=O)O[C@@]12CO[C@@H]1C[C@H](O)[C@@]1(C)C(=O)[C@H](O)C3=C(C)[C@@H](OC(=O)[C@H](OC(=O)CCC(=O)O)[C@H](NC(=O)OC(C)(C)C)c4ccccc4)C[C@@](O)([C@@H](OC(=O)c4ccccc4)[C@H]21)C3(C)C. The summed E-state index contributed by atoms with van der Waals surface area (Å²) in [7, 11) is 0. The Morgan fingerprint density at radius 3 is 2.09 bits per heavy atom. The molecule has 1 heterocycles. The zero-order valence-electron chi connectivity index (χ0n) is 37.5. The van der Waals surface area contributed by atoms with Crippen molar-refractivity contribution in [2.24, 2.45) is 16.7 Å². The first-order valence-corrected chi connectivity index (χ1v) is 21.4. The van der Waals surface area contributed by atoms with Crippen molar-refractivity contribution in [3.63, 3.8) is 0 Å². The summed E-state index contributed by atoms with van der Waals surface area (Å²) in [6, 6.07) is 14.0. The molecule has 18 heteroatoms. The van der Waals surface area contributed by atoms with Crippen LogP contribution in [0.25, 0.3) is 0 Å². The molecule has 2 aromatic rings. The lowest BCUT2D eigenvalue weighted by molar-refractivity contribution is -0.346. The number of carboxylic acids is 1. The number of aliphatic hydroxyl groups is 3. The lowest BCUT2D eigenvalue weighted by Gasteiger charge is -2.67. The largest absolute Gasteiger partial charge is 0.481 e. The lowest BCUT2D eigenvalue weighted by Crippen LogP contribution is -2.81. The van der Waals surface area contributed by atoms with Crippen LogP contribution in [0.2, 0.25) is 0 Å². The zero-order valence-corrected chi connectivity index (χ0v) is 37.5. The molecule has 2 bridgehead atoms. The molecule has 2 saturated carbocycles. The van der Waals surface area contributed by atoms with Gasteiger partial charge in [0.25, 0.3) is 0 Å². The highest BCUT2D eigenvalue weighted by Gasteiger charge is 2.78. The van der Waals surface area contributed by atoms with Crippen molar-refractivity contribution in [1.29, 1.82) is 0 Å². The Hall–Kier alpha value is -5.69. The van der Waals surface area contributed by atoms with Crippen LogP contribution in [0.1, 0.15) is 103 Å². The first kappa shape index (κ1) is 48.8. The molecule has 0 spiro atoms. The molecule has 6 rings (SSSR count). The first-order valence-electron chi connectivity index (χ1n) is 21.4. The van der Waals surface area contributed by atoms with Crippen LogP contribution in [0.3, 0.4) is 0 Å². The summed E-state index contributed by atoms with van der Waals surface area (Å²) in [5, 5.41) is 49.8. The van der Waals surface area contributed by atoms with Gasteiger partial charge in [-0.2, -0.15) is 0 Å². The number of hydrogen-bond donors (Lipinski definition) is 5. The van der Waals surface area contributed by atoms with Gasteiger partial charge in [0.15, 0.2) is 11.4 Å². The van der Waals surface area contributed by atoms with Gasteiger partial charge in [0.05, 0.1) is 42.4 Å². The van der Waals surface area contributed by atoms with Gasteiger partial charge in [0.1, 0.15) is 41.7 Å². The van der Waals surface area contributed by atoms with Crippen molar-refractivity contribution in [2.45, 2.75) is 141 Å². The Labute approximate surface area is 375 Å². The number of fused-ring (bicyclic) bond motifs is 5. The van der Waals surface area contributed by atoms with Gasteiger partial charge in [0, 0.05) is 25.2 Å². The highest BCUT2D eigenvalue weighted by atomic mass is 16.6. The van der Waals surface area contributed by atoms with Crippen molar-refractivity contribution >= 4 is 41.7 Å². The van der Waals surface area contributed by atoms with E-state index in [-0.39, 0.29) is 35.3 Å². The first-order chi connectivity index (χ1) is 30.3. The Bertz CT molecular complexity index is 2240. The molecule has 65 heavy (non-hydrogen) atoms. The number of alkyl carbamates (subject to hydrolysis) is 1. The van der Waals surface area contributed by atoms with Crippen LogP contribution >= 0.6 is 0 Å². The highest BCUT2D eigenvalue weighted by Crippen LogP contribution is 2.64. The van der Waals surface area contributed by atoms with E-state index in [9.17, 15) is 49.2 Å². The van der Waals surface area contributed by atoms with Crippen LogP contribution in [0, 0.1) is 16.7 Å². The highest BCUT2D eigenvalue weighted by molar-refractivity contribution is 5.94. The summed E-state index contributed by atoms with van der Waals surface area (Å²) >= 11 is 0. The number of esters is 4. The number of ketones is 1. The average molecular weight is 908 g/mol. The Kier molecular flexibility index (Phi) is 13.5.